The van der Waals surface area contributed by atoms with Gasteiger partial charge in [0.1, 0.15) is 0 Å². The van der Waals surface area contributed by atoms with Gasteiger partial charge < -0.3 is 14.9 Å². The summed E-state index contributed by atoms with van der Waals surface area (Å²) in [5.74, 6) is -0.721. The van der Waals surface area contributed by atoms with Crippen molar-refractivity contribution < 1.29 is 22.8 Å². The molecule has 1 aromatic heterocycles. The van der Waals surface area contributed by atoms with E-state index in [2.05, 4.69) is 10.5 Å². The Balaban J connectivity index is 1.89. The van der Waals surface area contributed by atoms with Crippen LogP contribution < -0.4 is 5.32 Å². The van der Waals surface area contributed by atoms with Gasteiger partial charge in [0.15, 0.2) is 21.3 Å². The molecule has 0 saturated heterocycles. The molecular formula is C13H14N2O5S. The highest BCUT2D eigenvalue weighted by atomic mass is 32.2. The molecule has 0 atom stereocenters. The molecule has 0 radical (unpaired) electrons. The van der Waals surface area contributed by atoms with Crippen LogP contribution in [0.5, 0.6) is 0 Å². The topological polar surface area (TPSA) is 110 Å². The van der Waals surface area contributed by atoms with Crippen LogP contribution in [0.3, 0.4) is 0 Å². The van der Waals surface area contributed by atoms with Gasteiger partial charge in [-0.05, 0) is 17.7 Å². The summed E-state index contributed by atoms with van der Waals surface area (Å²) in [6.45, 7) is 0.821. The molecule has 0 aliphatic heterocycles. The van der Waals surface area contributed by atoms with Gasteiger partial charge in [-0.1, -0.05) is 17.3 Å². The van der Waals surface area contributed by atoms with Crippen molar-refractivity contribution in [2.75, 3.05) is 6.26 Å². The van der Waals surface area contributed by atoms with Gasteiger partial charge >= 0.3 is 5.97 Å². The number of aromatic nitrogens is 1. The summed E-state index contributed by atoms with van der Waals surface area (Å²) >= 11 is 0. The lowest BCUT2D eigenvalue weighted by atomic mass is 10.2. The third kappa shape index (κ3) is 4.14. The Morgan fingerprint density at radius 3 is 2.48 bits per heavy atom. The second kappa shape index (κ2) is 6.06. The summed E-state index contributed by atoms with van der Waals surface area (Å²) in [7, 11) is -3.19. The monoisotopic (exact) mass is 310 g/mol. The summed E-state index contributed by atoms with van der Waals surface area (Å²) < 4.78 is 27.5. The van der Waals surface area contributed by atoms with Crippen molar-refractivity contribution in [3.05, 3.63) is 47.3 Å². The molecule has 0 aliphatic carbocycles. The Labute approximate surface area is 121 Å². The van der Waals surface area contributed by atoms with E-state index in [4.69, 9.17) is 9.63 Å². The first kappa shape index (κ1) is 15.2. The van der Waals surface area contributed by atoms with Crippen LogP contribution in [0.1, 0.15) is 21.8 Å². The number of rotatable bonds is 6. The fraction of sp³-hybridized carbons (Fsp3) is 0.231. The van der Waals surface area contributed by atoms with Gasteiger partial charge in [-0.2, -0.15) is 0 Å². The molecular weight excluding hydrogens is 296 g/mol. The number of sulfone groups is 1. The minimum atomic E-state index is -3.19. The molecule has 0 unspecified atom stereocenters. The Morgan fingerprint density at radius 2 is 1.95 bits per heavy atom. The lowest BCUT2D eigenvalue weighted by Gasteiger charge is -2.04. The van der Waals surface area contributed by atoms with E-state index in [-0.39, 0.29) is 10.6 Å². The van der Waals surface area contributed by atoms with Crippen LogP contribution in [-0.4, -0.2) is 30.9 Å². The highest BCUT2D eigenvalue weighted by molar-refractivity contribution is 7.90. The van der Waals surface area contributed by atoms with Crippen molar-refractivity contribution in [1.29, 1.82) is 0 Å². The van der Waals surface area contributed by atoms with Crippen LogP contribution in [0.15, 0.2) is 39.8 Å². The summed E-state index contributed by atoms with van der Waals surface area (Å²) in [6, 6.07) is 7.87. The largest absolute Gasteiger partial charge is 0.476 e. The van der Waals surface area contributed by atoms with E-state index >= 15 is 0 Å². The van der Waals surface area contributed by atoms with E-state index in [0.29, 0.717) is 18.8 Å². The van der Waals surface area contributed by atoms with E-state index in [0.717, 1.165) is 11.8 Å². The molecule has 0 bridgehead atoms. The zero-order chi connectivity index (χ0) is 15.5. The molecule has 0 saturated carbocycles. The lowest BCUT2D eigenvalue weighted by Crippen LogP contribution is -2.12. The van der Waals surface area contributed by atoms with E-state index in [1.54, 1.807) is 24.3 Å². The molecule has 21 heavy (non-hydrogen) atoms. The van der Waals surface area contributed by atoms with E-state index in [1.165, 1.54) is 6.07 Å². The summed E-state index contributed by atoms with van der Waals surface area (Å²) in [5.41, 5.74) is 0.768. The summed E-state index contributed by atoms with van der Waals surface area (Å²) in [5, 5.41) is 15.2. The quantitative estimate of drug-likeness (QED) is 0.821. The van der Waals surface area contributed by atoms with Gasteiger partial charge in [-0.25, -0.2) is 13.2 Å². The lowest BCUT2D eigenvalue weighted by molar-refractivity contribution is 0.0685. The maximum Gasteiger partial charge on any atom is 0.358 e. The second-order valence-corrected chi connectivity index (χ2v) is 6.52. The predicted octanol–water partition coefficient (Wildman–Crippen LogP) is 1.07. The van der Waals surface area contributed by atoms with Crippen LogP contribution in [0.25, 0.3) is 0 Å². The molecule has 0 amide bonds. The molecule has 1 aromatic carbocycles. The number of carboxylic acids is 1. The normalized spacial score (nSPS) is 11.5. The Bertz CT molecular complexity index is 734. The van der Waals surface area contributed by atoms with Gasteiger partial charge in [0.05, 0.1) is 11.4 Å². The maximum absolute atomic E-state index is 11.3. The third-order valence-corrected chi connectivity index (χ3v) is 3.89. The zero-order valence-electron chi connectivity index (χ0n) is 11.2. The van der Waals surface area contributed by atoms with Crippen LogP contribution in [-0.2, 0) is 22.9 Å². The second-order valence-electron chi connectivity index (χ2n) is 4.50. The molecule has 0 spiro atoms. The number of nitrogens with one attached hydrogen (secondary N) is 1. The fourth-order valence-corrected chi connectivity index (χ4v) is 2.31. The zero-order valence-corrected chi connectivity index (χ0v) is 12.1. The van der Waals surface area contributed by atoms with E-state index in [9.17, 15) is 13.2 Å². The highest BCUT2D eigenvalue weighted by Crippen LogP contribution is 2.10. The predicted molar refractivity (Wildman–Crippen MR) is 73.6 cm³/mol. The third-order valence-electron chi connectivity index (χ3n) is 2.76. The average Bonchev–Trinajstić information content (AvgIpc) is 2.87. The average molecular weight is 310 g/mol. The molecule has 112 valence electrons. The van der Waals surface area contributed by atoms with Crippen LogP contribution in [0.4, 0.5) is 0 Å². The van der Waals surface area contributed by atoms with Crippen molar-refractivity contribution >= 4 is 15.8 Å². The first-order valence-electron chi connectivity index (χ1n) is 6.05. The van der Waals surface area contributed by atoms with Gasteiger partial charge in [-0.15, -0.1) is 0 Å². The van der Waals surface area contributed by atoms with Crippen LogP contribution in [0, 0.1) is 0 Å². The first-order valence-corrected chi connectivity index (χ1v) is 7.94. The number of hydrogen-bond acceptors (Lipinski definition) is 6. The minimum absolute atomic E-state index is 0.135. The van der Waals surface area contributed by atoms with Gasteiger partial charge in [0.2, 0.25) is 0 Å². The summed E-state index contributed by atoms with van der Waals surface area (Å²) in [4.78, 5) is 10.9. The van der Waals surface area contributed by atoms with Crippen molar-refractivity contribution in [2.24, 2.45) is 0 Å². The molecule has 2 rings (SSSR count). The minimum Gasteiger partial charge on any atom is -0.476 e. The maximum atomic E-state index is 11.3. The Kier molecular flexibility index (Phi) is 4.39. The highest BCUT2D eigenvalue weighted by Gasteiger charge is 2.10. The van der Waals surface area contributed by atoms with Crippen molar-refractivity contribution in [1.82, 2.24) is 10.5 Å². The van der Waals surface area contributed by atoms with Crippen LogP contribution in [0.2, 0.25) is 0 Å². The fourth-order valence-electron chi connectivity index (χ4n) is 1.68. The van der Waals surface area contributed by atoms with Gasteiger partial charge in [-0.3, -0.25) is 0 Å². The summed E-state index contributed by atoms with van der Waals surface area (Å²) in [6.07, 6.45) is 1.16. The number of aromatic carboxylic acids is 1. The molecule has 0 aliphatic rings. The number of benzene rings is 1. The number of nitrogens with zero attached hydrogens (tertiary/aromatic N) is 1. The SMILES string of the molecule is CS(=O)(=O)c1ccc(CNCc2cc(C(=O)O)no2)cc1. The standard InChI is InChI=1S/C13H14N2O5S/c1-21(18,19)11-4-2-9(3-5-11)7-14-8-10-6-12(13(16)17)15-20-10/h2-6,14H,7-8H2,1H3,(H,16,17). The Morgan fingerprint density at radius 1 is 1.29 bits per heavy atom. The van der Waals surface area contributed by atoms with Crippen LogP contribution >= 0.6 is 0 Å². The number of hydrogen-bond donors (Lipinski definition) is 2. The first-order chi connectivity index (χ1) is 9.86. The Hall–Kier alpha value is -2.19. The molecule has 2 N–H and O–H groups in total. The smallest absolute Gasteiger partial charge is 0.358 e. The van der Waals surface area contributed by atoms with Gasteiger partial charge in [0.25, 0.3) is 0 Å². The number of carboxylic acid groups (broad SMARTS) is 1. The van der Waals surface area contributed by atoms with Crippen molar-refractivity contribution in [3.8, 4) is 0 Å². The molecule has 7 nitrogen and oxygen atoms in total. The molecule has 8 heteroatoms. The molecule has 0 fully saturated rings. The molecule has 2 aromatic rings. The van der Waals surface area contributed by atoms with E-state index in [1.807, 2.05) is 0 Å². The van der Waals surface area contributed by atoms with Crippen molar-refractivity contribution in [3.63, 3.8) is 0 Å². The van der Waals surface area contributed by atoms with Gasteiger partial charge in [0, 0.05) is 18.9 Å². The van der Waals surface area contributed by atoms with Crippen molar-refractivity contribution in [2.45, 2.75) is 18.0 Å². The molecule has 1 heterocycles. The number of carbonyl (C=O) groups is 1. The van der Waals surface area contributed by atoms with E-state index < -0.39 is 15.8 Å².